The van der Waals surface area contributed by atoms with Crippen LogP contribution in [0.2, 0.25) is 0 Å². The van der Waals surface area contributed by atoms with Crippen LogP contribution < -0.4 is 5.32 Å². The van der Waals surface area contributed by atoms with Gasteiger partial charge in [-0.25, -0.2) is 0 Å². The minimum atomic E-state index is 0.419. The van der Waals surface area contributed by atoms with Crippen molar-refractivity contribution < 1.29 is 0 Å². The molecule has 0 aliphatic rings. The van der Waals surface area contributed by atoms with Gasteiger partial charge < -0.3 is 5.32 Å². The summed E-state index contributed by atoms with van der Waals surface area (Å²) in [7, 11) is 0. The van der Waals surface area contributed by atoms with Crippen molar-refractivity contribution in [1.82, 2.24) is 15.5 Å². The highest BCUT2D eigenvalue weighted by atomic mass is 15.1. The van der Waals surface area contributed by atoms with Gasteiger partial charge >= 0.3 is 0 Å². The number of hydrogen-bond donors (Lipinski definition) is 1. The Morgan fingerprint density at radius 2 is 2.12 bits per heavy atom. The minimum absolute atomic E-state index is 0.419. The molecule has 0 saturated heterocycles. The van der Waals surface area contributed by atoms with Gasteiger partial charge in [0.25, 0.3) is 0 Å². The van der Waals surface area contributed by atoms with E-state index in [1.807, 2.05) is 6.20 Å². The molecule has 0 radical (unpaired) electrons. The first-order valence-corrected chi connectivity index (χ1v) is 6.27. The highest BCUT2D eigenvalue weighted by molar-refractivity contribution is 5.11. The molecule has 3 nitrogen and oxygen atoms in total. The van der Waals surface area contributed by atoms with Crippen LogP contribution in [0.4, 0.5) is 0 Å². The molecule has 0 fully saturated rings. The van der Waals surface area contributed by atoms with Crippen LogP contribution >= 0.6 is 0 Å². The first-order valence-electron chi connectivity index (χ1n) is 6.27. The van der Waals surface area contributed by atoms with E-state index < -0.39 is 0 Å². The lowest BCUT2D eigenvalue weighted by atomic mass is 9.94. The van der Waals surface area contributed by atoms with Crippen LogP contribution in [0.5, 0.6) is 0 Å². The SMILES string of the molecule is CCCC(C)CC(NCC)c1ccnnc1. The van der Waals surface area contributed by atoms with Gasteiger partial charge in [-0.2, -0.15) is 10.2 Å². The topological polar surface area (TPSA) is 37.8 Å². The Kier molecular flexibility index (Phi) is 6.01. The largest absolute Gasteiger partial charge is 0.310 e. The fraction of sp³-hybridized carbons (Fsp3) is 0.692. The summed E-state index contributed by atoms with van der Waals surface area (Å²) in [6.45, 7) is 7.70. The summed E-state index contributed by atoms with van der Waals surface area (Å²) in [5.74, 6) is 0.752. The monoisotopic (exact) mass is 221 g/mol. The Bertz CT molecular complexity index is 274. The summed E-state index contributed by atoms with van der Waals surface area (Å²) < 4.78 is 0. The normalized spacial score (nSPS) is 14.7. The van der Waals surface area contributed by atoms with Gasteiger partial charge in [0.05, 0.1) is 6.20 Å². The molecule has 0 spiro atoms. The standard InChI is InChI=1S/C13H23N3/c1-4-6-11(3)9-13(14-5-2)12-7-8-15-16-10-12/h7-8,10-11,13-14H,4-6,9H2,1-3H3. The molecule has 1 N–H and O–H groups in total. The molecule has 0 saturated carbocycles. The molecule has 0 aliphatic heterocycles. The van der Waals surface area contributed by atoms with Crippen molar-refractivity contribution in [2.45, 2.75) is 46.1 Å². The highest BCUT2D eigenvalue weighted by Gasteiger charge is 2.13. The summed E-state index contributed by atoms with van der Waals surface area (Å²) in [6.07, 6.45) is 7.36. The first-order chi connectivity index (χ1) is 7.77. The van der Waals surface area contributed by atoms with Crippen molar-refractivity contribution >= 4 is 0 Å². The predicted molar refractivity (Wildman–Crippen MR) is 67.1 cm³/mol. The maximum Gasteiger partial charge on any atom is 0.0544 e. The second-order valence-electron chi connectivity index (χ2n) is 4.42. The van der Waals surface area contributed by atoms with E-state index in [2.05, 4.69) is 42.4 Å². The predicted octanol–water partition coefficient (Wildman–Crippen LogP) is 2.95. The van der Waals surface area contributed by atoms with E-state index in [4.69, 9.17) is 0 Å². The summed E-state index contributed by atoms with van der Waals surface area (Å²) in [6, 6.07) is 2.47. The van der Waals surface area contributed by atoms with Crippen molar-refractivity contribution in [2.75, 3.05) is 6.54 Å². The van der Waals surface area contributed by atoms with Gasteiger partial charge in [-0.3, -0.25) is 0 Å². The van der Waals surface area contributed by atoms with Crippen molar-refractivity contribution in [3.63, 3.8) is 0 Å². The molecule has 90 valence electrons. The third-order valence-corrected chi connectivity index (χ3v) is 2.88. The zero-order chi connectivity index (χ0) is 11.8. The fourth-order valence-electron chi connectivity index (χ4n) is 2.10. The maximum absolute atomic E-state index is 3.95. The second-order valence-corrected chi connectivity index (χ2v) is 4.42. The highest BCUT2D eigenvalue weighted by Crippen LogP contribution is 2.22. The van der Waals surface area contributed by atoms with E-state index in [0.29, 0.717) is 6.04 Å². The van der Waals surface area contributed by atoms with Crippen LogP contribution in [0.3, 0.4) is 0 Å². The number of rotatable bonds is 7. The molecule has 0 amide bonds. The maximum atomic E-state index is 3.95. The van der Waals surface area contributed by atoms with E-state index in [9.17, 15) is 0 Å². The molecule has 2 atom stereocenters. The van der Waals surface area contributed by atoms with Gasteiger partial charge in [-0.15, -0.1) is 0 Å². The zero-order valence-corrected chi connectivity index (χ0v) is 10.6. The molecule has 0 aliphatic carbocycles. The molecular formula is C13H23N3. The lowest BCUT2D eigenvalue weighted by Crippen LogP contribution is -2.23. The molecule has 3 heteroatoms. The Morgan fingerprint density at radius 1 is 1.31 bits per heavy atom. The Labute approximate surface area is 98.7 Å². The second kappa shape index (κ2) is 7.34. The van der Waals surface area contributed by atoms with E-state index in [1.54, 1.807) is 6.20 Å². The van der Waals surface area contributed by atoms with E-state index >= 15 is 0 Å². The smallest absolute Gasteiger partial charge is 0.0544 e. The van der Waals surface area contributed by atoms with Crippen LogP contribution in [-0.2, 0) is 0 Å². The third kappa shape index (κ3) is 4.27. The lowest BCUT2D eigenvalue weighted by Gasteiger charge is -2.21. The van der Waals surface area contributed by atoms with Crippen molar-refractivity contribution in [2.24, 2.45) is 5.92 Å². The number of aromatic nitrogens is 2. The Balaban J connectivity index is 2.60. The number of hydrogen-bond acceptors (Lipinski definition) is 3. The Hall–Kier alpha value is -0.960. The Morgan fingerprint density at radius 3 is 2.69 bits per heavy atom. The molecule has 1 heterocycles. The van der Waals surface area contributed by atoms with Gasteiger partial charge in [0, 0.05) is 12.2 Å². The summed E-state index contributed by atoms with van der Waals surface area (Å²) in [4.78, 5) is 0. The average molecular weight is 221 g/mol. The summed E-state index contributed by atoms with van der Waals surface area (Å²) >= 11 is 0. The molecule has 1 aromatic rings. The van der Waals surface area contributed by atoms with Crippen molar-refractivity contribution in [1.29, 1.82) is 0 Å². The average Bonchev–Trinajstić information content (AvgIpc) is 2.30. The molecule has 2 unspecified atom stereocenters. The van der Waals surface area contributed by atoms with Crippen LogP contribution in [0.1, 0.15) is 51.6 Å². The van der Waals surface area contributed by atoms with Crippen LogP contribution in [-0.4, -0.2) is 16.7 Å². The van der Waals surface area contributed by atoms with Crippen LogP contribution in [0.15, 0.2) is 18.5 Å². The molecule has 1 aromatic heterocycles. The molecule has 16 heavy (non-hydrogen) atoms. The quantitative estimate of drug-likeness (QED) is 0.769. The molecular weight excluding hydrogens is 198 g/mol. The van der Waals surface area contributed by atoms with Gasteiger partial charge in [-0.1, -0.05) is 33.6 Å². The van der Waals surface area contributed by atoms with Gasteiger partial charge in [0.1, 0.15) is 0 Å². The van der Waals surface area contributed by atoms with E-state index in [1.165, 1.54) is 24.8 Å². The zero-order valence-electron chi connectivity index (χ0n) is 10.6. The number of nitrogens with zero attached hydrogens (tertiary/aromatic N) is 2. The van der Waals surface area contributed by atoms with Crippen LogP contribution in [0.25, 0.3) is 0 Å². The molecule has 0 bridgehead atoms. The minimum Gasteiger partial charge on any atom is -0.310 e. The van der Waals surface area contributed by atoms with Gasteiger partial charge in [0.2, 0.25) is 0 Å². The van der Waals surface area contributed by atoms with E-state index in [-0.39, 0.29) is 0 Å². The molecule has 1 rings (SSSR count). The third-order valence-electron chi connectivity index (χ3n) is 2.88. The van der Waals surface area contributed by atoms with Gasteiger partial charge in [-0.05, 0) is 30.5 Å². The van der Waals surface area contributed by atoms with Crippen molar-refractivity contribution in [3.8, 4) is 0 Å². The lowest BCUT2D eigenvalue weighted by molar-refractivity contribution is 0.394. The summed E-state index contributed by atoms with van der Waals surface area (Å²) in [5, 5.41) is 11.3. The molecule has 0 aromatic carbocycles. The van der Waals surface area contributed by atoms with E-state index in [0.717, 1.165) is 12.5 Å². The summed E-state index contributed by atoms with van der Waals surface area (Å²) in [5.41, 5.74) is 1.25. The van der Waals surface area contributed by atoms with Crippen LogP contribution in [0, 0.1) is 5.92 Å². The van der Waals surface area contributed by atoms with Gasteiger partial charge in [0.15, 0.2) is 0 Å². The number of nitrogens with one attached hydrogen (secondary N) is 1. The van der Waals surface area contributed by atoms with Crippen molar-refractivity contribution in [3.05, 3.63) is 24.0 Å². The fourth-order valence-corrected chi connectivity index (χ4v) is 2.10. The first kappa shape index (κ1) is 13.1.